The smallest absolute Gasteiger partial charge is 0.222 e. The molecule has 0 saturated heterocycles. The minimum absolute atomic E-state index is 0.339. The Morgan fingerprint density at radius 1 is 1.26 bits per heavy atom. The Labute approximate surface area is 113 Å². The molecule has 1 atom stereocenters. The molecule has 19 heavy (non-hydrogen) atoms. The number of para-hydroxylation sites is 1. The van der Waals surface area contributed by atoms with Crippen molar-refractivity contribution in [2.24, 2.45) is 5.92 Å². The van der Waals surface area contributed by atoms with E-state index >= 15 is 0 Å². The third kappa shape index (κ3) is 2.26. The molecular weight excluding hydrogens is 236 g/mol. The fraction of sp³-hybridized carbons (Fsp3) is 0.333. The number of aromatic nitrogens is 2. The van der Waals surface area contributed by atoms with Crippen LogP contribution in [0.25, 0.3) is 0 Å². The highest BCUT2D eigenvalue weighted by molar-refractivity contribution is 5.66. The molecule has 1 aliphatic heterocycles. The third-order valence-corrected chi connectivity index (χ3v) is 3.48. The fourth-order valence-electron chi connectivity index (χ4n) is 2.73. The van der Waals surface area contributed by atoms with Crippen LogP contribution in [0.2, 0.25) is 0 Å². The molecule has 0 saturated carbocycles. The highest BCUT2D eigenvalue weighted by Crippen LogP contribution is 2.34. The van der Waals surface area contributed by atoms with E-state index in [1.54, 1.807) is 0 Å². The van der Waals surface area contributed by atoms with Crippen molar-refractivity contribution in [2.75, 3.05) is 17.2 Å². The molecule has 4 heteroatoms. The highest BCUT2D eigenvalue weighted by Gasteiger charge is 2.23. The Morgan fingerprint density at radius 2 is 2.05 bits per heavy atom. The molecule has 0 aliphatic carbocycles. The van der Waals surface area contributed by atoms with Crippen LogP contribution in [0.1, 0.15) is 18.2 Å². The molecule has 0 fully saturated rings. The standard InChI is InChI=1S/C15H18N4/c1-10-7-12-5-3-4-6-13(12)19(9-10)14-8-11(2)17-15(16)18-14/h3-6,8,10H,7,9H2,1-2H3,(H2,16,17,18). The summed E-state index contributed by atoms with van der Waals surface area (Å²) in [6.07, 6.45) is 1.12. The van der Waals surface area contributed by atoms with Crippen molar-refractivity contribution in [3.8, 4) is 0 Å². The summed E-state index contributed by atoms with van der Waals surface area (Å²) < 4.78 is 0. The van der Waals surface area contributed by atoms with Crippen LogP contribution in [0.5, 0.6) is 0 Å². The summed E-state index contributed by atoms with van der Waals surface area (Å²) >= 11 is 0. The lowest BCUT2D eigenvalue weighted by atomic mass is 9.94. The molecule has 2 N–H and O–H groups in total. The van der Waals surface area contributed by atoms with E-state index in [1.807, 2.05) is 13.0 Å². The highest BCUT2D eigenvalue weighted by atomic mass is 15.2. The first kappa shape index (κ1) is 12.0. The van der Waals surface area contributed by atoms with Gasteiger partial charge in [-0.1, -0.05) is 25.1 Å². The van der Waals surface area contributed by atoms with Crippen LogP contribution in [0.4, 0.5) is 17.5 Å². The van der Waals surface area contributed by atoms with Crippen molar-refractivity contribution in [3.05, 3.63) is 41.6 Å². The van der Waals surface area contributed by atoms with E-state index in [2.05, 4.69) is 46.1 Å². The topological polar surface area (TPSA) is 55.0 Å². The predicted octanol–water partition coefficient (Wildman–Crippen LogP) is 2.70. The van der Waals surface area contributed by atoms with Crippen LogP contribution >= 0.6 is 0 Å². The molecule has 0 spiro atoms. The number of hydrogen-bond donors (Lipinski definition) is 1. The van der Waals surface area contributed by atoms with Crippen molar-refractivity contribution in [1.29, 1.82) is 0 Å². The number of nitrogen functional groups attached to an aromatic ring is 1. The Balaban J connectivity index is 2.09. The maximum absolute atomic E-state index is 5.77. The van der Waals surface area contributed by atoms with E-state index in [4.69, 9.17) is 5.73 Å². The van der Waals surface area contributed by atoms with Gasteiger partial charge in [0.1, 0.15) is 5.82 Å². The van der Waals surface area contributed by atoms with Gasteiger partial charge < -0.3 is 10.6 Å². The zero-order valence-electron chi connectivity index (χ0n) is 11.3. The van der Waals surface area contributed by atoms with Crippen molar-refractivity contribution in [1.82, 2.24) is 9.97 Å². The quantitative estimate of drug-likeness (QED) is 0.850. The molecule has 98 valence electrons. The van der Waals surface area contributed by atoms with Crippen LogP contribution in [-0.4, -0.2) is 16.5 Å². The monoisotopic (exact) mass is 254 g/mol. The molecule has 0 amide bonds. The molecule has 1 aromatic heterocycles. The zero-order chi connectivity index (χ0) is 13.4. The van der Waals surface area contributed by atoms with Gasteiger partial charge in [0, 0.05) is 24.0 Å². The lowest BCUT2D eigenvalue weighted by Gasteiger charge is -2.34. The van der Waals surface area contributed by atoms with Crippen molar-refractivity contribution >= 4 is 17.5 Å². The van der Waals surface area contributed by atoms with E-state index in [1.165, 1.54) is 11.3 Å². The second-order valence-corrected chi connectivity index (χ2v) is 5.27. The Bertz CT molecular complexity index is 589. The van der Waals surface area contributed by atoms with Gasteiger partial charge in [0.25, 0.3) is 0 Å². The summed E-state index contributed by atoms with van der Waals surface area (Å²) in [6, 6.07) is 10.5. The summed E-state index contributed by atoms with van der Waals surface area (Å²) in [6.45, 7) is 5.17. The van der Waals surface area contributed by atoms with Gasteiger partial charge in [0.2, 0.25) is 5.95 Å². The van der Waals surface area contributed by atoms with Gasteiger partial charge >= 0.3 is 0 Å². The second-order valence-electron chi connectivity index (χ2n) is 5.27. The fourth-order valence-corrected chi connectivity index (χ4v) is 2.73. The predicted molar refractivity (Wildman–Crippen MR) is 77.5 cm³/mol. The number of hydrogen-bond acceptors (Lipinski definition) is 4. The molecule has 1 aromatic carbocycles. The molecule has 1 unspecified atom stereocenters. The minimum Gasteiger partial charge on any atom is -0.368 e. The first-order valence-corrected chi connectivity index (χ1v) is 6.60. The van der Waals surface area contributed by atoms with Crippen LogP contribution in [-0.2, 0) is 6.42 Å². The van der Waals surface area contributed by atoms with Crippen LogP contribution in [0.15, 0.2) is 30.3 Å². The normalized spacial score (nSPS) is 18.2. The number of nitrogens with two attached hydrogens (primary N) is 1. The number of benzene rings is 1. The summed E-state index contributed by atoms with van der Waals surface area (Å²) in [4.78, 5) is 10.8. The summed E-state index contributed by atoms with van der Waals surface area (Å²) in [5, 5.41) is 0. The van der Waals surface area contributed by atoms with E-state index < -0.39 is 0 Å². The maximum Gasteiger partial charge on any atom is 0.222 e. The van der Waals surface area contributed by atoms with Gasteiger partial charge in [-0.05, 0) is 30.9 Å². The average Bonchev–Trinajstić information content (AvgIpc) is 2.36. The Morgan fingerprint density at radius 3 is 2.84 bits per heavy atom. The summed E-state index contributed by atoms with van der Waals surface area (Å²) in [5.74, 6) is 1.83. The lowest BCUT2D eigenvalue weighted by molar-refractivity contribution is 0.560. The van der Waals surface area contributed by atoms with E-state index in [0.29, 0.717) is 11.9 Å². The van der Waals surface area contributed by atoms with Crippen molar-refractivity contribution in [3.63, 3.8) is 0 Å². The molecule has 1 aliphatic rings. The molecule has 0 radical (unpaired) electrons. The second kappa shape index (κ2) is 4.53. The number of rotatable bonds is 1. The number of fused-ring (bicyclic) bond motifs is 1. The maximum atomic E-state index is 5.77. The van der Waals surface area contributed by atoms with E-state index in [0.717, 1.165) is 24.5 Å². The van der Waals surface area contributed by atoms with Crippen LogP contribution in [0, 0.1) is 12.8 Å². The summed E-state index contributed by atoms with van der Waals surface area (Å²) in [5.41, 5.74) is 9.28. The van der Waals surface area contributed by atoms with Crippen molar-refractivity contribution in [2.45, 2.75) is 20.3 Å². The largest absolute Gasteiger partial charge is 0.368 e. The lowest BCUT2D eigenvalue weighted by Crippen LogP contribution is -2.31. The first-order chi connectivity index (χ1) is 9.13. The van der Waals surface area contributed by atoms with Gasteiger partial charge in [0.15, 0.2) is 0 Å². The average molecular weight is 254 g/mol. The molecule has 2 aromatic rings. The molecule has 0 bridgehead atoms. The van der Waals surface area contributed by atoms with E-state index in [-0.39, 0.29) is 0 Å². The Hall–Kier alpha value is -2.10. The van der Waals surface area contributed by atoms with Gasteiger partial charge in [-0.2, -0.15) is 4.98 Å². The van der Waals surface area contributed by atoms with E-state index in [9.17, 15) is 0 Å². The molecule has 4 nitrogen and oxygen atoms in total. The minimum atomic E-state index is 0.339. The number of nitrogens with zero attached hydrogens (tertiary/aromatic N) is 3. The first-order valence-electron chi connectivity index (χ1n) is 6.60. The molecular formula is C15H18N4. The van der Waals surface area contributed by atoms with Gasteiger partial charge in [-0.3, -0.25) is 0 Å². The van der Waals surface area contributed by atoms with Gasteiger partial charge in [-0.25, -0.2) is 4.98 Å². The Kier molecular flexibility index (Phi) is 2.85. The van der Waals surface area contributed by atoms with Crippen LogP contribution in [0.3, 0.4) is 0 Å². The summed E-state index contributed by atoms with van der Waals surface area (Å²) in [7, 11) is 0. The van der Waals surface area contributed by atoms with Gasteiger partial charge in [-0.15, -0.1) is 0 Å². The van der Waals surface area contributed by atoms with Crippen LogP contribution < -0.4 is 10.6 Å². The number of aryl methyl sites for hydroxylation is 1. The van der Waals surface area contributed by atoms with Crippen molar-refractivity contribution < 1.29 is 0 Å². The zero-order valence-corrected chi connectivity index (χ0v) is 11.3. The SMILES string of the molecule is Cc1cc(N2CC(C)Cc3ccccc32)nc(N)n1. The van der Waals surface area contributed by atoms with Gasteiger partial charge in [0.05, 0.1) is 0 Å². The molecule has 3 rings (SSSR count). The molecule has 2 heterocycles. The third-order valence-electron chi connectivity index (χ3n) is 3.48. The number of anilines is 3.